The number of ketones is 1. The minimum absolute atomic E-state index is 0.319. The summed E-state index contributed by atoms with van der Waals surface area (Å²) in [5.74, 6) is 0.639. The summed E-state index contributed by atoms with van der Waals surface area (Å²) in [6.07, 6.45) is 2.98. The lowest BCUT2D eigenvalue weighted by atomic mass is 9.88. The average molecular weight is 199 g/mol. The lowest BCUT2D eigenvalue weighted by molar-refractivity contribution is -0.121. The highest BCUT2D eigenvalue weighted by Gasteiger charge is 2.22. The zero-order valence-corrected chi connectivity index (χ0v) is 8.78. The minimum atomic E-state index is -0.331. The number of Topliss-reactive ketones (excluding diaryl/α,β-unsaturated/α-hetero) is 1. The van der Waals surface area contributed by atoms with E-state index in [1.807, 2.05) is 0 Å². The third-order valence-electron chi connectivity index (χ3n) is 2.60. The van der Waals surface area contributed by atoms with Gasteiger partial charge in [0.2, 0.25) is 0 Å². The Kier molecular flexibility index (Phi) is 3.92. The maximum absolute atomic E-state index is 11.2. The molecule has 0 heterocycles. The molecule has 0 aromatic heterocycles. The van der Waals surface area contributed by atoms with E-state index in [1.54, 1.807) is 7.05 Å². The summed E-state index contributed by atoms with van der Waals surface area (Å²) < 4.78 is 4.58. The van der Waals surface area contributed by atoms with Crippen molar-refractivity contribution in [1.29, 1.82) is 0 Å². The SMILES string of the molecule is COC(=O)N(C)CC1CCCC(=O)C1. The Bertz CT molecular complexity index is 227. The standard InChI is InChI=1S/C10H17NO3/c1-11(10(13)14-2)7-8-4-3-5-9(12)6-8/h8H,3-7H2,1-2H3. The van der Waals surface area contributed by atoms with E-state index in [0.717, 1.165) is 12.8 Å². The molecule has 80 valence electrons. The monoisotopic (exact) mass is 199 g/mol. The van der Waals surface area contributed by atoms with E-state index in [0.29, 0.717) is 31.1 Å². The molecule has 1 rings (SSSR count). The van der Waals surface area contributed by atoms with Gasteiger partial charge in [-0.25, -0.2) is 4.79 Å². The molecule has 4 nitrogen and oxygen atoms in total. The van der Waals surface area contributed by atoms with Crippen LogP contribution in [0.2, 0.25) is 0 Å². The molecule has 0 spiro atoms. The lowest BCUT2D eigenvalue weighted by Gasteiger charge is -2.25. The van der Waals surface area contributed by atoms with Crippen LogP contribution in [0.3, 0.4) is 0 Å². The second kappa shape index (κ2) is 4.98. The van der Waals surface area contributed by atoms with Crippen molar-refractivity contribution in [2.75, 3.05) is 20.7 Å². The molecule has 1 fully saturated rings. The molecule has 1 aliphatic carbocycles. The highest BCUT2D eigenvalue weighted by atomic mass is 16.5. The summed E-state index contributed by atoms with van der Waals surface area (Å²) >= 11 is 0. The van der Waals surface area contributed by atoms with Gasteiger partial charge in [-0.3, -0.25) is 4.79 Å². The fourth-order valence-corrected chi connectivity index (χ4v) is 1.89. The molecule has 1 unspecified atom stereocenters. The number of methoxy groups -OCH3 is 1. The van der Waals surface area contributed by atoms with E-state index in [1.165, 1.54) is 12.0 Å². The maximum atomic E-state index is 11.2. The van der Waals surface area contributed by atoms with Crippen molar-refractivity contribution in [2.45, 2.75) is 25.7 Å². The van der Waals surface area contributed by atoms with E-state index in [-0.39, 0.29) is 6.09 Å². The van der Waals surface area contributed by atoms with Gasteiger partial charge in [-0.1, -0.05) is 0 Å². The van der Waals surface area contributed by atoms with Crippen molar-refractivity contribution in [1.82, 2.24) is 4.90 Å². The summed E-state index contributed by atoms with van der Waals surface area (Å²) in [5, 5.41) is 0. The quantitative estimate of drug-likeness (QED) is 0.676. The van der Waals surface area contributed by atoms with Crippen LogP contribution in [0.25, 0.3) is 0 Å². The topological polar surface area (TPSA) is 46.6 Å². The Morgan fingerprint density at radius 1 is 1.64 bits per heavy atom. The van der Waals surface area contributed by atoms with Crippen LogP contribution in [0.4, 0.5) is 4.79 Å². The Morgan fingerprint density at radius 3 is 2.93 bits per heavy atom. The van der Waals surface area contributed by atoms with Gasteiger partial charge in [-0.05, 0) is 18.8 Å². The second-order valence-electron chi connectivity index (χ2n) is 3.85. The van der Waals surface area contributed by atoms with E-state index in [4.69, 9.17) is 0 Å². The molecule has 1 amide bonds. The molecule has 1 atom stereocenters. The third kappa shape index (κ3) is 3.01. The van der Waals surface area contributed by atoms with Crippen molar-refractivity contribution in [2.24, 2.45) is 5.92 Å². The predicted octanol–water partition coefficient (Wildman–Crippen LogP) is 1.44. The van der Waals surface area contributed by atoms with Crippen LogP contribution in [-0.4, -0.2) is 37.5 Å². The highest BCUT2D eigenvalue weighted by molar-refractivity contribution is 5.79. The number of rotatable bonds is 2. The number of amides is 1. The Morgan fingerprint density at radius 2 is 2.36 bits per heavy atom. The first-order chi connectivity index (χ1) is 6.63. The van der Waals surface area contributed by atoms with Crippen LogP contribution in [0.1, 0.15) is 25.7 Å². The van der Waals surface area contributed by atoms with Crippen molar-refractivity contribution in [3.8, 4) is 0 Å². The summed E-state index contributed by atoms with van der Waals surface area (Å²) in [5.41, 5.74) is 0. The fraction of sp³-hybridized carbons (Fsp3) is 0.800. The molecule has 0 radical (unpaired) electrons. The van der Waals surface area contributed by atoms with Gasteiger partial charge in [0.25, 0.3) is 0 Å². The Labute approximate surface area is 84.2 Å². The Hall–Kier alpha value is -1.06. The second-order valence-corrected chi connectivity index (χ2v) is 3.85. The predicted molar refractivity (Wildman–Crippen MR) is 52.0 cm³/mol. The van der Waals surface area contributed by atoms with Gasteiger partial charge in [0.1, 0.15) is 5.78 Å². The lowest BCUT2D eigenvalue weighted by Crippen LogP contribution is -2.33. The molecule has 0 N–H and O–H groups in total. The maximum Gasteiger partial charge on any atom is 0.409 e. The molecule has 1 saturated carbocycles. The Balaban J connectivity index is 2.35. The van der Waals surface area contributed by atoms with E-state index >= 15 is 0 Å². The molecule has 0 aliphatic heterocycles. The first-order valence-corrected chi connectivity index (χ1v) is 4.94. The van der Waals surface area contributed by atoms with Crippen LogP contribution in [0.15, 0.2) is 0 Å². The van der Waals surface area contributed by atoms with Gasteiger partial charge < -0.3 is 9.64 Å². The number of ether oxygens (including phenoxy) is 1. The van der Waals surface area contributed by atoms with Crippen molar-refractivity contribution >= 4 is 11.9 Å². The van der Waals surface area contributed by atoms with Crippen LogP contribution in [0, 0.1) is 5.92 Å². The molecule has 14 heavy (non-hydrogen) atoms. The normalized spacial score (nSPS) is 21.9. The van der Waals surface area contributed by atoms with Crippen LogP contribution in [0.5, 0.6) is 0 Å². The van der Waals surface area contributed by atoms with E-state index in [9.17, 15) is 9.59 Å². The molecular formula is C10H17NO3. The molecular weight excluding hydrogens is 182 g/mol. The molecule has 1 aliphatic rings. The summed E-state index contributed by atoms with van der Waals surface area (Å²) in [6, 6.07) is 0. The van der Waals surface area contributed by atoms with Gasteiger partial charge in [-0.2, -0.15) is 0 Å². The molecule has 0 aromatic carbocycles. The fourth-order valence-electron chi connectivity index (χ4n) is 1.89. The number of hydrogen-bond acceptors (Lipinski definition) is 3. The van der Waals surface area contributed by atoms with E-state index < -0.39 is 0 Å². The molecule has 0 aromatic rings. The van der Waals surface area contributed by atoms with Gasteiger partial charge >= 0.3 is 6.09 Å². The smallest absolute Gasteiger partial charge is 0.409 e. The summed E-state index contributed by atoms with van der Waals surface area (Å²) in [4.78, 5) is 23.8. The minimum Gasteiger partial charge on any atom is -0.453 e. The number of carbonyl (C=O) groups excluding carboxylic acids is 2. The largest absolute Gasteiger partial charge is 0.453 e. The van der Waals surface area contributed by atoms with Crippen LogP contribution in [-0.2, 0) is 9.53 Å². The summed E-state index contributed by atoms with van der Waals surface area (Å²) in [7, 11) is 3.07. The van der Waals surface area contributed by atoms with Crippen molar-refractivity contribution in [3.05, 3.63) is 0 Å². The molecule has 0 saturated heterocycles. The first kappa shape index (κ1) is 11.0. The van der Waals surface area contributed by atoms with Crippen LogP contribution >= 0.6 is 0 Å². The van der Waals surface area contributed by atoms with Gasteiger partial charge in [0.05, 0.1) is 7.11 Å². The number of nitrogens with zero attached hydrogens (tertiary/aromatic N) is 1. The molecule has 4 heteroatoms. The van der Waals surface area contributed by atoms with E-state index in [2.05, 4.69) is 4.74 Å². The van der Waals surface area contributed by atoms with Gasteiger partial charge in [0, 0.05) is 26.4 Å². The third-order valence-corrected chi connectivity index (χ3v) is 2.60. The zero-order chi connectivity index (χ0) is 10.6. The average Bonchev–Trinajstić information content (AvgIpc) is 2.16. The van der Waals surface area contributed by atoms with Crippen molar-refractivity contribution < 1.29 is 14.3 Å². The zero-order valence-electron chi connectivity index (χ0n) is 8.78. The number of hydrogen-bond donors (Lipinski definition) is 0. The highest BCUT2D eigenvalue weighted by Crippen LogP contribution is 2.21. The molecule has 0 bridgehead atoms. The van der Waals surface area contributed by atoms with Crippen LogP contribution < -0.4 is 0 Å². The van der Waals surface area contributed by atoms with Gasteiger partial charge in [0.15, 0.2) is 0 Å². The summed E-state index contributed by atoms with van der Waals surface area (Å²) in [6.45, 7) is 0.623. The van der Waals surface area contributed by atoms with Gasteiger partial charge in [-0.15, -0.1) is 0 Å². The first-order valence-electron chi connectivity index (χ1n) is 4.94. The van der Waals surface area contributed by atoms with Crippen molar-refractivity contribution in [3.63, 3.8) is 0 Å². The number of carbonyl (C=O) groups is 2.